The molecule has 0 aromatic heterocycles. The van der Waals surface area contributed by atoms with Crippen LogP contribution < -0.4 is 9.47 Å². The predicted octanol–water partition coefficient (Wildman–Crippen LogP) is 3.88. The van der Waals surface area contributed by atoms with Gasteiger partial charge >= 0.3 is 0 Å². The molecule has 0 radical (unpaired) electrons. The van der Waals surface area contributed by atoms with Crippen LogP contribution in [-0.2, 0) is 0 Å². The maximum atomic E-state index is 12.7. The second-order valence-corrected chi connectivity index (χ2v) is 5.19. The van der Waals surface area contributed by atoms with Gasteiger partial charge < -0.3 is 14.4 Å². The molecule has 132 valence electrons. The van der Waals surface area contributed by atoms with Crippen molar-refractivity contribution in [2.75, 3.05) is 20.2 Å². The first-order valence-electron chi connectivity index (χ1n) is 7.89. The number of carbonyl (C=O) groups excluding carboxylic acids is 1. The predicted molar refractivity (Wildman–Crippen MR) is 93.4 cm³/mol. The van der Waals surface area contributed by atoms with Crippen molar-refractivity contribution in [3.05, 3.63) is 58.1 Å². The van der Waals surface area contributed by atoms with Gasteiger partial charge in [0.2, 0.25) is 0 Å². The van der Waals surface area contributed by atoms with Gasteiger partial charge in [0.25, 0.3) is 11.6 Å². The Kier molecular flexibility index (Phi) is 5.94. The minimum Gasteiger partial charge on any atom is -0.497 e. The van der Waals surface area contributed by atoms with Crippen molar-refractivity contribution < 1.29 is 19.2 Å². The Balaban J connectivity index is 2.41. The van der Waals surface area contributed by atoms with Crippen LogP contribution in [-0.4, -0.2) is 35.9 Å². The zero-order chi connectivity index (χ0) is 18.4. The number of hydrogen-bond donors (Lipinski definition) is 0. The summed E-state index contributed by atoms with van der Waals surface area (Å²) in [4.78, 5) is 24.8. The van der Waals surface area contributed by atoms with Crippen LogP contribution in [0.2, 0.25) is 0 Å². The van der Waals surface area contributed by atoms with Gasteiger partial charge in [-0.3, -0.25) is 14.9 Å². The van der Waals surface area contributed by atoms with Gasteiger partial charge in [0.1, 0.15) is 17.2 Å². The number of methoxy groups -OCH3 is 1. The molecule has 2 aromatic carbocycles. The fourth-order valence-electron chi connectivity index (χ4n) is 2.34. The van der Waals surface area contributed by atoms with Crippen LogP contribution in [0.1, 0.15) is 24.2 Å². The molecule has 7 heteroatoms. The maximum absolute atomic E-state index is 12.7. The molecule has 0 saturated carbocycles. The average molecular weight is 344 g/mol. The Morgan fingerprint density at radius 3 is 2.20 bits per heavy atom. The maximum Gasteiger partial charge on any atom is 0.270 e. The van der Waals surface area contributed by atoms with E-state index in [1.807, 2.05) is 13.8 Å². The van der Waals surface area contributed by atoms with E-state index in [2.05, 4.69) is 0 Å². The highest BCUT2D eigenvalue weighted by atomic mass is 16.6. The Morgan fingerprint density at radius 1 is 1.08 bits per heavy atom. The summed E-state index contributed by atoms with van der Waals surface area (Å²) in [6.45, 7) is 4.70. The van der Waals surface area contributed by atoms with Gasteiger partial charge in [-0.2, -0.15) is 0 Å². The standard InChI is InChI=1S/C18H20N2O5/c1-4-19(5-2)18(21)16-12-13(20(22)23)6-11-17(16)25-15-9-7-14(24-3)8-10-15/h6-12H,4-5H2,1-3H3. The van der Waals surface area contributed by atoms with Crippen LogP contribution >= 0.6 is 0 Å². The van der Waals surface area contributed by atoms with E-state index in [9.17, 15) is 14.9 Å². The van der Waals surface area contributed by atoms with E-state index >= 15 is 0 Å². The van der Waals surface area contributed by atoms with E-state index in [0.29, 0.717) is 24.6 Å². The molecule has 0 spiro atoms. The summed E-state index contributed by atoms with van der Waals surface area (Å²) in [5.74, 6) is 1.14. The molecule has 0 atom stereocenters. The minimum absolute atomic E-state index is 0.155. The summed E-state index contributed by atoms with van der Waals surface area (Å²) >= 11 is 0. The normalized spacial score (nSPS) is 10.2. The van der Waals surface area contributed by atoms with Gasteiger partial charge in [-0.15, -0.1) is 0 Å². The van der Waals surface area contributed by atoms with Crippen LogP contribution in [0.4, 0.5) is 5.69 Å². The third kappa shape index (κ3) is 4.26. The van der Waals surface area contributed by atoms with Gasteiger partial charge in [-0.25, -0.2) is 0 Å². The van der Waals surface area contributed by atoms with Gasteiger partial charge in [0, 0.05) is 25.2 Å². The molecule has 2 rings (SSSR count). The molecule has 0 N–H and O–H groups in total. The number of ether oxygens (including phenoxy) is 2. The molecule has 0 aliphatic rings. The molecule has 0 bridgehead atoms. The van der Waals surface area contributed by atoms with Crippen molar-refractivity contribution in [1.29, 1.82) is 0 Å². The van der Waals surface area contributed by atoms with E-state index in [-0.39, 0.29) is 22.9 Å². The third-order valence-corrected chi connectivity index (χ3v) is 3.74. The fourth-order valence-corrected chi connectivity index (χ4v) is 2.34. The lowest BCUT2D eigenvalue weighted by molar-refractivity contribution is -0.384. The van der Waals surface area contributed by atoms with Crippen LogP contribution in [0.25, 0.3) is 0 Å². The molecule has 0 aliphatic carbocycles. The van der Waals surface area contributed by atoms with Crippen molar-refractivity contribution in [1.82, 2.24) is 4.90 Å². The third-order valence-electron chi connectivity index (χ3n) is 3.74. The van der Waals surface area contributed by atoms with E-state index in [0.717, 1.165) is 0 Å². The number of non-ortho nitro benzene ring substituents is 1. The zero-order valence-electron chi connectivity index (χ0n) is 14.4. The lowest BCUT2D eigenvalue weighted by Gasteiger charge is -2.20. The molecule has 0 fully saturated rings. The highest BCUT2D eigenvalue weighted by molar-refractivity contribution is 5.97. The molecule has 2 aromatic rings. The highest BCUT2D eigenvalue weighted by Gasteiger charge is 2.21. The molecule has 7 nitrogen and oxygen atoms in total. The second kappa shape index (κ2) is 8.14. The summed E-state index contributed by atoms with van der Waals surface area (Å²) < 4.78 is 10.9. The number of benzene rings is 2. The van der Waals surface area contributed by atoms with Crippen molar-refractivity contribution in [2.45, 2.75) is 13.8 Å². The summed E-state index contributed by atoms with van der Waals surface area (Å²) in [6, 6.07) is 10.9. The molecular formula is C18H20N2O5. The van der Waals surface area contributed by atoms with Gasteiger partial charge in [-0.1, -0.05) is 0 Å². The fraction of sp³-hybridized carbons (Fsp3) is 0.278. The van der Waals surface area contributed by atoms with Crippen molar-refractivity contribution in [2.24, 2.45) is 0 Å². The zero-order valence-corrected chi connectivity index (χ0v) is 14.4. The molecule has 0 unspecified atom stereocenters. The second-order valence-electron chi connectivity index (χ2n) is 5.19. The monoisotopic (exact) mass is 344 g/mol. The largest absolute Gasteiger partial charge is 0.497 e. The van der Waals surface area contributed by atoms with Crippen molar-refractivity contribution in [3.63, 3.8) is 0 Å². The first-order chi connectivity index (χ1) is 12.0. The van der Waals surface area contributed by atoms with Gasteiger partial charge in [0.15, 0.2) is 0 Å². The number of nitro benzene ring substituents is 1. The first kappa shape index (κ1) is 18.3. The van der Waals surface area contributed by atoms with Crippen LogP contribution in [0.5, 0.6) is 17.2 Å². The van der Waals surface area contributed by atoms with Gasteiger partial charge in [-0.05, 0) is 44.2 Å². The minimum atomic E-state index is -0.532. The number of carbonyl (C=O) groups is 1. The van der Waals surface area contributed by atoms with E-state index in [4.69, 9.17) is 9.47 Å². The summed E-state index contributed by atoms with van der Waals surface area (Å²) in [6.07, 6.45) is 0. The smallest absolute Gasteiger partial charge is 0.270 e. The Labute approximate surface area is 145 Å². The van der Waals surface area contributed by atoms with Crippen LogP contribution in [0.15, 0.2) is 42.5 Å². The number of nitrogens with zero attached hydrogens (tertiary/aromatic N) is 2. The Morgan fingerprint density at radius 2 is 1.68 bits per heavy atom. The van der Waals surface area contributed by atoms with E-state index < -0.39 is 4.92 Å². The van der Waals surface area contributed by atoms with Gasteiger partial charge in [0.05, 0.1) is 17.6 Å². The SMILES string of the molecule is CCN(CC)C(=O)c1cc([N+](=O)[O-])ccc1Oc1ccc(OC)cc1. The van der Waals surface area contributed by atoms with Crippen molar-refractivity contribution >= 4 is 11.6 Å². The molecule has 0 saturated heterocycles. The number of nitro groups is 1. The summed E-state index contributed by atoms with van der Waals surface area (Å²) in [5.41, 5.74) is 0.00584. The number of amides is 1. The summed E-state index contributed by atoms with van der Waals surface area (Å²) in [5, 5.41) is 11.1. The summed E-state index contributed by atoms with van der Waals surface area (Å²) in [7, 11) is 1.56. The quantitative estimate of drug-likeness (QED) is 0.562. The number of hydrogen-bond acceptors (Lipinski definition) is 5. The van der Waals surface area contributed by atoms with E-state index in [1.54, 1.807) is 36.3 Å². The van der Waals surface area contributed by atoms with Crippen LogP contribution in [0, 0.1) is 10.1 Å². The Hall–Kier alpha value is -3.09. The molecule has 0 aliphatic heterocycles. The number of rotatable bonds is 7. The molecule has 1 amide bonds. The molecular weight excluding hydrogens is 324 g/mol. The molecule has 0 heterocycles. The lowest BCUT2D eigenvalue weighted by Crippen LogP contribution is -2.30. The highest BCUT2D eigenvalue weighted by Crippen LogP contribution is 2.30. The Bertz CT molecular complexity index is 755. The first-order valence-corrected chi connectivity index (χ1v) is 7.89. The topological polar surface area (TPSA) is 81.9 Å². The average Bonchev–Trinajstić information content (AvgIpc) is 2.63. The lowest BCUT2D eigenvalue weighted by atomic mass is 10.1. The van der Waals surface area contributed by atoms with Crippen LogP contribution in [0.3, 0.4) is 0 Å². The van der Waals surface area contributed by atoms with E-state index in [1.165, 1.54) is 18.2 Å². The molecule has 25 heavy (non-hydrogen) atoms. The van der Waals surface area contributed by atoms with Crippen molar-refractivity contribution in [3.8, 4) is 17.2 Å².